The van der Waals surface area contributed by atoms with Crippen LogP contribution in [0.5, 0.6) is 5.75 Å². The molecule has 0 amide bonds. The lowest BCUT2D eigenvalue weighted by molar-refractivity contribution is 0.0599. The zero-order valence-electron chi connectivity index (χ0n) is 17.0. The molecule has 3 aromatic rings. The summed E-state index contributed by atoms with van der Waals surface area (Å²) in [5, 5.41) is 0. The number of methoxy groups -OCH3 is 1. The average molecular weight is 467 g/mol. The monoisotopic (exact) mass is 466 g/mol. The van der Waals surface area contributed by atoms with Crippen LogP contribution in [0.15, 0.2) is 45.6 Å². The summed E-state index contributed by atoms with van der Waals surface area (Å²) < 4.78 is 39.5. The van der Waals surface area contributed by atoms with E-state index in [4.69, 9.17) is 9.47 Å². The van der Waals surface area contributed by atoms with Gasteiger partial charge in [-0.25, -0.2) is 18.2 Å². The molecule has 0 N–H and O–H groups in total. The third-order valence-electron chi connectivity index (χ3n) is 4.27. The van der Waals surface area contributed by atoms with Gasteiger partial charge in [-0.1, -0.05) is 13.0 Å². The maximum absolute atomic E-state index is 13.2. The zero-order valence-corrected chi connectivity index (χ0v) is 19.5. The van der Waals surface area contributed by atoms with Gasteiger partial charge >= 0.3 is 5.97 Å². The molecule has 30 heavy (non-hydrogen) atoms. The summed E-state index contributed by atoms with van der Waals surface area (Å²) in [6.45, 7) is 6.19. The van der Waals surface area contributed by atoms with Gasteiger partial charge in [-0.05, 0) is 49.7 Å². The fourth-order valence-electron chi connectivity index (χ4n) is 2.76. The number of esters is 1. The summed E-state index contributed by atoms with van der Waals surface area (Å²) in [5.74, 6) is 0.177. The maximum Gasteiger partial charge on any atom is 0.338 e. The summed E-state index contributed by atoms with van der Waals surface area (Å²) >= 11 is 2.45. The van der Waals surface area contributed by atoms with Gasteiger partial charge in [0, 0.05) is 18.5 Å². The van der Waals surface area contributed by atoms with E-state index in [0.717, 1.165) is 27.9 Å². The van der Waals surface area contributed by atoms with Gasteiger partial charge in [0.1, 0.15) is 5.75 Å². The molecule has 1 aromatic heterocycles. The topological polar surface area (TPSA) is 85.8 Å². The van der Waals surface area contributed by atoms with Crippen molar-refractivity contribution in [1.29, 1.82) is 0 Å². The largest absolute Gasteiger partial charge is 0.494 e. The van der Waals surface area contributed by atoms with Crippen molar-refractivity contribution >= 4 is 49.5 Å². The van der Waals surface area contributed by atoms with Gasteiger partial charge in [-0.3, -0.25) is 0 Å². The minimum atomic E-state index is -3.85. The quantitative estimate of drug-likeness (QED) is 0.357. The zero-order chi connectivity index (χ0) is 21.9. The standard InChI is InChI=1S/C20H22N2O5S3/c1-5-22(29-20-21-17-10-8-14(27-6-2)11-18(17)28-20)30(24,25)15-9-7-13(3)16(12-15)19(23)26-4/h7-12H,5-6H2,1-4H3. The lowest BCUT2D eigenvalue weighted by Gasteiger charge is -2.18. The smallest absolute Gasteiger partial charge is 0.338 e. The van der Waals surface area contributed by atoms with Gasteiger partial charge in [0.2, 0.25) is 0 Å². The van der Waals surface area contributed by atoms with E-state index in [-0.39, 0.29) is 17.0 Å². The minimum absolute atomic E-state index is 0.0302. The molecule has 1 heterocycles. The molecule has 160 valence electrons. The molecule has 10 heteroatoms. The SMILES string of the molecule is CCOc1ccc2nc(SN(CC)S(=O)(=O)c3ccc(C)c(C(=O)OC)c3)sc2c1. The normalized spacial score (nSPS) is 11.8. The van der Waals surface area contributed by atoms with Crippen LogP contribution >= 0.6 is 23.3 Å². The molecule has 0 aliphatic heterocycles. The molecule has 0 spiro atoms. The number of thiazole rings is 1. The van der Waals surface area contributed by atoms with Crippen LogP contribution in [0.2, 0.25) is 0 Å². The molecule has 7 nitrogen and oxygen atoms in total. The number of sulfonamides is 1. The Hall–Kier alpha value is -2.14. The van der Waals surface area contributed by atoms with Crippen LogP contribution in [-0.4, -0.2) is 43.3 Å². The summed E-state index contributed by atoms with van der Waals surface area (Å²) in [6.07, 6.45) is 0. The Morgan fingerprint density at radius 1 is 1.20 bits per heavy atom. The molecule has 0 saturated carbocycles. The highest BCUT2D eigenvalue weighted by molar-refractivity contribution is 8.09. The second-order valence-electron chi connectivity index (χ2n) is 6.23. The van der Waals surface area contributed by atoms with Crippen molar-refractivity contribution in [3.8, 4) is 5.75 Å². The van der Waals surface area contributed by atoms with E-state index < -0.39 is 16.0 Å². The third-order valence-corrected chi connectivity index (χ3v) is 8.72. The summed E-state index contributed by atoms with van der Waals surface area (Å²) in [7, 11) is -2.59. The number of fused-ring (bicyclic) bond motifs is 1. The Morgan fingerprint density at radius 2 is 1.97 bits per heavy atom. The van der Waals surface area contributed by atoms with E-state index >= 15 is 0 Å². The van der Waals surface area contributed by atoms with Crippen molar-refractivity contribution in [2.24, 2.45) is 0 Å². The van der Waals surface area contributed by atoms with E-state index in [0.29, 0.717) is 16.5 Å². The van der Waals surface area contributed by atoms with Crippen LogP contribution in [0.25, 0.3) is 10.2 Å². The van der Waals surface area contributed by atoms with Gasteiger partial charge in [0.05, 0.1) is 34.4 Å². The highest BCUT2D eigenvalue weighted by Gasteiger charge is 2.27. The van der Waals surface area contributed by atoms with Crippen molar-refractivity contribution in [3.05, 3.63) is 47.5 Å². The van der Waals surface area contributed by atoms with Crippen LogP contribution in [0.3, 0.4) is 0 Å². The van der Waals surface area contributed by atoms with Gasteiger partial charge in [0.25, 0.3) is 10.0 Å². The highest BCUT2D eigenvalue weighted by Crippen LogP contribution is 2.36. The van der Waals surface area contributed by atoms with Crippen molar-refractivity contribution in [2.75, 3.05) is 20.3 Å². The second-order valence-corrected chi connectivity index (χ2v) is 10.6. The third kappa shape index (κ3) is 4.61. The highest BCUT2D eigenvalue weighted by atomic mass is 32.3. The van der Waals surface area contributed by atoms with Crippen LogP contribution in [0, 0.1) is 6.92 Å². The van der Waals surface area contributed by atoms with Gasteiger partial charge in [-0.2, -0.15) is 0 Å². The van der Waals surface area contributed by atoms with E-state index in [1.165, 1.54) is 34.3 Å². The minimum Gasteiger partial charge on any atom is -0.494 e. The number of hydrogen-bond acceptors (Lipinski definition) is 8. The average Bonchev–Trinajstić information content (AvgIpc) is 3.13. The molecule has 0 bridgehead atoms. The lowest BCUT2D eigenvalue weighted by Crippen LogP contribution is -2.24. The van der Waals surface area contributed by atoms with Crippen LogP contribution < -0.4 is 4.74 Å². The van der Waals surface area contributed by atoms with E-state index in [1.54, 1.807) is 19.9 Å². The van der Waals surface area contributed by atoms with Crippen molar-refractivity contribution in [1.82, 2.24) is 8.69 Å². The maximum atomic E-state index is 13.2. The Labute approximate surface area is 184 Å². The molecule has 2 aromatic carbocycles. The van der Waals surface area contributed by atoms with Crippen LogP contribution in [0.1, 0.15) is 29.8 Å². The predicted octanol–water partition coefficient (Wildman–Crippen LogP) is 4.51. The van der Waals surface area contributed by atoms with Crippen molar-refractivity contribution in [3.63, 3.8) is 0 Å². The van der Waals surface area contributed by atoms with Gasteiger partial charge in [-0.15, -0.1) is 15.0 Å². The second kappa shape index (κ2) is 9.34. The molecular formula is C20H22N2O5S3. The summed E-state index contributed by atoms with van der Waals surface area (Å²) in [4.78, 5) is 16.5. The lowest BCUT2D eigenvalue weighted by atomic mass is 10.1. The van der Waals surface area contributed by atoms with E-state index in [9.17, 15) is 13.2 Å². The number of nitrogens with zero attached hydrogens (tertiary/aromatic N) is 2. The molecule has 0 radical (unpaired) electrons. The van der Waals surface area contributed by atoms with Crippen molar-refractivity contribution < 1.29 is 22.7 Å². The molecule has 0 fully saturated rings. The molecule has 0 atom stereocenters. The number of hydrogen-bond donors (Lipinski definition) is 0. The summed E-state index contributed by atoms with van der Waals surface area (Å²) in [6, 6.07) is 10.0. The number of carbonyl (C=O) groups excluding carboxylic acids is 1. The molecule has 0 unspecified atom stereocenters. The fourth-order valence-corrected chi connectivity index (χ4v) is 6.70. The molecule has 0 aliphatic carbocycles. The molecular weight excluding hydrogens is 444 g/mol. The number of aryl methyl sites for hydroxylation is 1. The Kier molecular flexibility index (Phi) is 7.02. The Morgan fingerprint density at radius 3 is 2.63 bits per heavy atom. The predicted molar refractivity (Wildman–Crippen MR) is 119 cm³/mol. The molecule has 0 aliphatic rings. The number of benzene rings is 2. The molecule has 0 saturated heterocycles. The van der Waals surface area contributed by atoms with Crippen LogP contribution in [0.4, 0.5) is 0 Å². The van der Waals surface area contributed by atoms with Crippen LogP contribution in [-0.2, 0) is 14.8 Å². The number of rotatable bonds is 8. The first-order valence-corrected chi connectivity index (χ1v) is 12.3. The first kappa shape index (κ1) is 22.5. The Bertz CT molecular complexity index is 1170. The Balaban J connectivity index is 1.91. The number of ether oxygens (including phenoxy) is 2. The first-order chi connectivity index (χ1) is 14.3. The van der Waals surface area contributed by atoms with Gasteiger partial charge in [0.15, 0.2) is 4.34 Å². The summed E-state index contributed by atoms with van der Waals surface area (Å²) in [5.41, 5.74) is 1.65. The first-order valence-electron chi connectivity index (χ1n) is 9.23. The van der Waals surface area contributed by atoms with E-state index in [1.807, 2.05) is 25.1 Å². The fraction of sp³-hybridized carbons (Fsp3) is 0.300. The number of aromatic nitrogens is 1. The van der Waals surface area contributed by atoms with Crippen molar-refractivity contribution in [2.45, 2.75) is 30.0 Å². The number of carbonyl (C=O) groups is 1. The van der Waals surface area contributed by atoms with Gasteiger partial charge < -0.3 is 9.47 Å². The van der Waals surface area contributed by atoms with E-state index in [2.05, 4.69) is 4.98 Å². The molecule has 3 rings (SSSR count).